The minimum absolute atomic E-state index is 0.0530. The first kappa shape index (κ1) is 16.5. The van der Waals surface area contributed by atoms with Crippen LogP contribution in [0.25, 0.3) is 10.9 Å². The van der Waals surface area contributed by atoms with Gasteiger partial charge in [0.15, 0.2) is 5.43 Å². The van der Waals surface area contributed by atoms with Crippen LogP contribution in [0.5, 0.6) is 0 Å². The molecule has 3 rings (SSSR count). The molecule has 0 saturated carbocycles. The van der Waals surface area contributed by atoms with Gasteiger partial charge in [0.25, 0.3) is 0 Å². The van der Waals surface area contributed by atoms with E-state index in [4.69, 9.17) is 0 Å². The van der Waals surface area contributed by atoms with E-state index in [0.717, 1.165) is 15.6 Å². The summed E-state index contributed by atoms with van der Waals surface area (Å²) in [5.41, 5.74) is 2.93. The maximum Gasteiger partial charge on any atom is 0.240 e. The third-order valence-electron chi connectivity index (χ3n) is 3.83. The summed E-state index contributed by atoms with van der Waals surface area (Å²) in [6.45, 7) is 2.68. The van der Waals surface area contributed by atoms with Gasteiger partial charge in [-0.1, -0.05) is 45.8 Å². The molecule has 0 bridgehead atoms. The van der Waals surface area contributed by atoms with E-state index in [1.807, 2.05) is 43.3 Å². The Morgan fingerprint density at radius 1 is 1.17 bits per heavy atom. The maximum absolute atomic E-state index is 12.2. The first-order valence-corrected chi connectivity index (χ1v) is 8.43. The third kappa shape index (κ3) is 3.74. The Hall–Kier alpha value is -2.40. The Kier molecular flexibility index (Phi) is 4.81. The molecule has 1 N–H and O–H groups in total. The highest BCUT2D eigenvalue weighted by Gasteiger charge is 2.07. The van der Waals surface area contributed by atoms with E-state index >= 15 is 0 Å². The van der Waals surface area contributed by atoms with Crippen LogP contribution in [-0.4, -0.2) is 10.5 Å². The standard InChI is InChI=1S/C19H17BrN2O2/c1-13-3-2-4-14(9-13)11-21-19(24)12-22-8-7-18(23)16-10-15(20)5-6-17(16)22/h2-10H,11-12H2,1H3,(H,21,24). The predicted octanol–water partition coefficient (Wildman–Crippen LogP) is 3.39. The van der Waals surface area contributed by atoms with Gasteiger partial charge in [0.1, 0.15) is 6.54 Å². The van der Waals surface area contributed by atoms with Crippen molar-refractivity contribution in [2.75, 3.05) is 0 Å². The molecular formula is C19H17BrN2O2. The van der Waals surface area contributed by atoms with Gasteiger partial charge < -0.3 is 9.88 Å². The van der Waals surface area contributed by atoms with E-state index in [-0.39, 0.29) is 17.9 Å². The fourth-order valence-electron chi connectivity index (χ4n) is 2.66. The summed E-state index contributed by atoms with van der Waals surface area (Å²) in [4.78, 5) is 24.2. The van der Waals surface area contributed by atoms with E-state index in [2.05, 4.69) is 21.2 Å². The fourth-order valence-corrected chi connectivity index (χ4v) is 3.02. The lowest BCUT2D eigenvalue weighted by atomic mass is 10.1. The Balaban J connectivity index is 1.76. The Bertz CT molecular complexity index is 963. The lowest BCUT2D eigenvalue weighted by Crippen LogP contribution is -2.27. The normalized spacial score (nSPS) is 10.8. The highest BCUT2D eigenvalue weighted by molar-refractivity contribution is 9.10. The molecule has 0 spiro atoms. The Labute approximate surface area is 148 Å². The minimum atomic E-state index is -0.0932. The second-order valence-electron chi connectivity index (χ2n) is 5.74. The molecule has 0 aliphatic heterocycles. The number of fused-ring (bicyclic) bond motifs is 1. The molecule has 1 amide bonds. The Morgan fingerprint density at radius 3 is 2.79 bits per heavy atom. The maximum atomic E-state index is 12.2. The van der Waals surface area contributed by atoms with Gasteiger partial charge in [-0.05, 0) is 30.7 Å². The number of halogens is 1. The van der Waals surface area contributed by atoms with Crippen molar-refractivity contribution < 1.29 is 4.79 Å². The van der Waals surface area contributed by atoms with Crippen LogP contribution in [-0.2, 0) is 17.9 Å². The number of pyridine rings is 1. The second-order valence-corrected chi connectivity index (χ2v) is 6.65. The zero-order valence-electron chi connectivity index (χ0n) is 13.3. The molecule has 1 heterocycles. The first-order valence-electron chi connectivity index (χ1n) is 7.64. The van der Waals surface area contributed by atoms with Crippen LogP contribution in [0.15, 0.2) is 64.0 Å². The van der Waals surface area contributed by atoms with E-state index < -0.39 is 0 Å². The first-order chi connectivity index (χ1) is 11.5. The number of nitrogens with zero attached hydrogens (tertiary/aromatic N) is 1. The van der Waals surface area contributed by atoms with Gasteiger partial charge in [-0.3, -0.25) is 9.59 Å². The number of hydrogen-bond donors (Lipinski definition) is 1. The van der Waals surface area contributed by atoms with Crippen molar-refractivity contribution >= 4 is 32.7 Å². The van der Waals surface area contributed by atoms with Crippen LogP contribution in [0.1, 0.15) is 11.1 Å². The molecule has 122 valence electrons. The minimum Gasteiger partial charge on any atom is -0.350 e. The molecule has 0 radical (unpaired) electrons. The molecule has 0 fully saturated rings. The lowest BCUT2D eigenvalue weighted by Gasteiger charge is -2.11. The van der Waals surface area contributed by atoms with Crippen LogP contribution < -0.4 is 10.7 Å². The number of hydrogen-bond acceptors (Lipinski definition) is 2. The zero-order chi connectivity index (χ0) is 17.1. The van der Waals surface area contributed by atoms with Crippen molar-refractivity contribution in [3.8, 4) is 0 Å². The van der Waals surface area contributed by atoms with E-state index in [1.54, 1.807) is 16.8 Å². The second kappa shape index (κ2) is 7.01. The lowest BCUT2D eigenvalue weighted by molar-refractivity contribution is -0.121. The van der Waals surface area contributed by atoms with Gasteiger partial charge in [0.05, 0.1) is 5.52 Å². The molecule has 0 unspecified atom stereocenters. The van der Waals surface area contributed by atoms with E-state index in [1.165, 1.54) is 11.6 Å². The average molecular weight is 385 g/mol. The number of carbonyl (C=O) groups excluding carboxylic acids is 1. The molecule has 4 nitrogen and oxygen atoms in total. The number of carbonyl (C=O) groups is 1. The van der Waals surface area contributed by atoms with Crippen molar-refractivity contribution in [3.05, 3.63) is 80.6 Å². The third-order valence-corrected chi connectivity index (χ3v) is 4.32. The largest absolute Gasteiger partial charge is 0.350 e. The molecule has 0 aliphatic rings. The van der Waals surface area contributed by atoms with E-state index in [9.17, 15) is 9.59 Å². The molecule has 24 heavy (non-hydrogen) atoms. The number of aryl methyl sites for hydroxylation is 1. The van der Waals surface area contributed by atoms with Crippen LogP contribution in [0.2, 0.25) is 0 Å². The van der Waals surface area contributed by atoms with Gasteiger partial charge >= 0.3 is 0 Å². The molecule has 3 aromatic rings. The average Bonchev–Trinajstić information content (AvgIpc) is 2.56. The number of rotatable bonds is 4. The molecule has 2 aromatic carbocycles. The van der Waals surface area contributed by atoms with Crippen molar-refractivity contribution in [2.45, 2.75) is 20.0 Å². The Morgan fingerprint density at radius 2 is 2.00 bits per heavy atom. The molecule has 1 aromatic heterocycles. The monoisotopic (exact) mass is 384 g/mol. The molecule has 0 saturated heterocycles. The SMILES string of the molecule is Cc1cccc(CNC(=O)Cn2ccc(=O)c3cc(Br)ccc32)c1. The molecule has 0 atom stereocenters. The molecule has 5 heteroatoms. The van der Waals surface area contributed by atoms with Gasteiger partial charge in [-0.25, -0.2) is 0 Å². The summed E-state index contributed by atoms with van der Waals surface area (Å²) >= 11 is 3.37. The zero-order valence-corrected chi connectivity index (χ0v) is 14.8. The van der Waals surface area contributed by atoms with Crippen LogP contribution in [0, 0.1) is 6.92 Å². The van der Waals surface area contributed by atoms with Crippen LogP contribution in [0.4, 0.5) is 0 Å². The van der Waals surface area contributed by atoms with Crippen molar-refractivity contribution in [1.29, 1.82) is 0 Å². The van der Waals surface area contributed by atoms with Gasteiger partial charge in [0, 0.05) is 28.7 Å². The highest BCUT2D eigenvalue weighted by Crippen LogP contribution is 2.17. The highest BCUT2D eigenvalue weighted by atomic mass is 79.9. The smallest absolute Gasteiger partial charge is 0.240 e. The number of benzene rings is 2. The quantitative estimate of drug-likeness (QED) is 0.749. The van der Waals surface area contributed by atoms with E-state index in [0.29, 0.717) is 11.9 Å². The summed E-state index contributed by atoms with van der Waals surface area (Å²) in [6, 6.07) is 15.0. The topological polar surface area (TPSA) is 51.1 Å². The van der Waals surface area contributed by atoms with Crippen molar-refractivity contribution in [1.82, 2.24) is 9.88 Å². The summed E-state index contributed by atoms with van der Waals surface area (Å²) < 4.78 is 2.63. The summed E-state index contributed by atoms with van der Waals surface area (Å²) in [7, 11) is 0. The van der Waals surface area contributed by atoms with Crippen molar-refractivity contribution in [3.63, 3.8) is 0 Å². The van der Waals surface area contributed by atoms with Crippen LogP contribution in [0.3, 0.4) is 0 Å². The fraction of sp³-hybridized carbons (Fsp3) is 0.158. The molecule has 0 aliphatic carbocycles. The van der Waals surface area contributed by atoms with Gasteiger partial charge in [-0.2, -0.15) is 0 Å². The van der Waals surface area contributed by atoms with Gasteiger partial charge in [0.2, 0.25) is 5.91 Å². The predicted molar refractivity (Wildman–Crippen MR) is 98.9 cm³/mol. The van der Waals surface area contributed by atoms with Crippen molar-refractivity contribution in [2.24, 2.45) is 0 Å². The number of amides is 1. The summed E-state index contributed by atoms with van der Waals surface area (Å²) in [6.07, 6.45) is 1.66. The number of nitrogens with one attached hydrogen (secondary N) is 1. The van der Waals surface area contributed by atoms with Crippen LogP contribution >= 0.6 is 15.9 Å². The number of aromatic nitrogens is 1. The summed E-state index contributed by atoms with van der Waals surface area (Å²) in [5.74, 6) is -0.0932. The summed E-state index contributed by atoms with van der Waals surface area (Å²) in [5, 5.41) is 3.51. The van der Waals surface area contributed by atoms with Gasteiger partial charge in [-0.15, -0.1) is 0 Å². The molecular weight excluding hydrogens is 368 g/mol.